The van der Waals surface area contributed by atoms with Gasteiger partial charge in [-0.25, -0.2) is 12.8 Å². The maximum absolute atomic E-state index is 14.6. The third kappa shape index (κ3) is 8.01. The van der Waals surface area contributed by atoms with Gasteiger partial charge >= 0.3 is 6.18 Å². The molecular formula is C29H30ClF4N3O4S. The molecule has 0 bridgehead atoms. The molecule has 0 heterocycles. The Kier molecular flexibility index (Phi) is 10.6. The van der Waals surface area contributed by atoms with E-state index >= 15 is 0 Å². The van der Waals surface area contributed by atoms with Crippen LogP contribution in [-0.2, 0) is 32.3 Å². The molecule has 1 unspecified atom stereocenters. The number of rotatable bonds is 11. The van der Waals surface area contributed by atoms with E-state index in [1.54, 1.807) is 6.07 Å². The first kappa shape index (κ1) is 32.9. The van der Waals surface area contributed by atoms with E-state index in [9.17, 15) is 35.6 Å². The maximum atomic E-state index is 14.6. The van der Waals surface area contributed by atoms with E-state index in [0.29, 0.717) is 16.4 Å². The van der Waals surface area contributed by atoms with E-state index in [0.717, 1.165) is 17.0 Å². The molecule has 0 saturated heterocycles. The number of hydrogen-bond acceptors (Lipinski definition) is 4. The number of nitrogens with one attached hydrogen (secondary N) is 1. The number of benzene rings is 3. The summed E-state index contributed by atoms with van der Waals surface area (Å²) in [6, 6.07) is 13.2. The van der Waals surface area contributed by atoms with E-state index < -0.39 is 64.2 Å². The van der Waals surface area contributed by atoms with Crippen molar-refractivity contribution in [1.82, 2.24) is 10.2 Å². The molecule has 0 aromatic heterocycles. The molecule has 226 valence electrons. The highest BCUT2D eigenvalue weighted by Crippen LogP contribution is 2.37. The lowest BCUT2D eigenvalue weighted by molar-refractivity contribution is -0.139. The molecule has 7 nitrogen and oxygen atoms in total. The van der Waals surface area contributed by atoms with Gasteiger partial charge < -0.3 is 10.2 Å². The van der Waals surface area contributed by atoms with E-state index in [2.05, 4.69) is 5.32 Å². The molecule has 42 heavy (non-hydrogen) atoms. The van der Waals surface area contributed by atoms with Crippen LogP contribution in [0.15, 0.2) is 77.7 Å². The second kappa shape index (κ2) is 13.6. The SMILES string of the molecule is CC(C)CNC(=O)C(C)N(Cc1ccccc1F)C(=O)CN(c1cc(C(F)(F)F)ccc1Cl)S(=O)(=O)c1ccccc1. The highest BCUT2D eigenvalue weighted by molar-refractivity contribution is 7.92. The van der Waals surface area contributed by atoms with E-state index in [1.807, 2.05) is 13.8 Å². The molecule has 3 rings (SSSR count). The minimum Gasteiger partial charge on any atom is -0.354 e. The molecule has 3 aromatic rings. The van der Waals surface area contributed by atoms with Crippen LogP contribution in [0.3, 0.4) is 0 Å². The van der Waals surface area contributed by atoms with Crippen LogP contribution in [0, 0.1) is 11.7 Å². The van der Waals surface area contributed by atoms with Gasteiger partial charge in [-0.05, 0) is 49.2 Å². The number of halogens is 5. The largest absolute Gasteiger partial charge is 0.416 e. The number of amides is 2. The van der Waals surface area contributed by atoms with Crippen LogP contribution in [0.25, 0.3) is 0 Å². The van der Waals surface area contributed by atoms with Crippen LogP contribution < -0.4 is 9.62 Å². The third-order valence-corrected chi connectivity index (χ3v) is 8.40. The van der Waals surface area contributed by atoms with E-state index in [1.165, 1.54) is 49.4 Å². The van der Waals surface area contributed by atoms with Gasteiger partial charge in [0.25, 0.3) is 10.0 Å². The van der Waals surface area contributed by atoms with Gasteiger partial charge in [0.2, 0.25) is 11.8 Å². The first-order valence-corrected chi connectivity index (χ1v) is 14.7. The fourth-order valence-corrected chi connectivity index (χ4v) is 5.67. The highest BCUT2D eigenvalue weighted by atomic mass is 35.5. The predicted octanol–water partition coefficient (Wildman–Crippen LogP) is 5.88. The molecule has 0 fully saturated rings. The molecule has 0 aliphatic carbocycles. The molecule has 0 radical (unpaired) electrons. The number of carbonyl (C=O) groups excluding carboxylic acids is 2. The quantitative estimate of drug-likeness (QED) is 0.269. The van der Waals surface area contributed by atoms with Crippen molar-refractivity contribution < 1.29 is 35.6 Å². The predicted molar refractivity (Wildman–Crippen MR) is 152 cm³/mol. The summed E-state index contributed by atoms with van der Waals surface area (Å²) in [5.74, 6) is -2.15. The summed E-state index contributed by atoms with van der Waals surface area (Å²) in [5.41, 5.74) is -1.73. The Balaban J connectivity index is 2.12. The molecule has 0 aliphatic heterocycles. The average molecular weight is 628 g/mol. The molecule has 1 N–H and O–H groups in total. The zero-order valence-electron chi connectivity index (χ0n) is 23.0. The number of carbonyl (C=O) groups is 2. The van der Waals surface area contributed by atoms with E-state index in [-0.39, 0.29) is 27.9 Å². The molecule has 0 spiro atoms. The first-order chi connectivity index (χ1) is 19.6. The summed E-state index contributed by atoms with van der Waals surface area (Å²) in [4.78, 5) is 27.5. The smallest absolute Gasteiger partial charge is 0.354 e. The Labute approximate surface area is 247 Å². The van der Waals surface area contributed by atoms with Crippen LogP contribution in [0.4, 0.5) is 23.2 Å². The number of nitrogens with zero attached hydrogens (tertiary/aromatic N) is 2. The maximum Gasteiger partial charge on any atom is 0.416 e. The molecule has 0 aliphatic rings. The van der Waals surface area contributed by atoms with Crippen molar-refractivity contribution in [3.8, 4) is 0 Å². The van der Waals surface area contributed by atoms with Gasteiger partial charge in [0, 0.05) is 18.7 Å². The summed E-state index contributed by atoms with van der Waals surface area (Å²) in [5, 5.41) is 2.33. The summed E-state index contributed by atoms with van der Waals surface area (Å²) in [6.45, 7) is 3.93. The Hall–Kier alpha value is -3.64. The third-order valence-electron chi connectivity index (χ3n) is 6.30. The van der Waals surface area contributed by atoms with Crippen LogP contribution >= 0.6 is 11.6 Å². The highest BCUT2D eigenvalue weighted by Gasteiger charge is 2.36. The minimum absolute atomic E-state index is 0.0453. The number of hydrogen-bond donors (Lipinski definition) is 1. The van der Waals surface area contributed by atoms with Gasteiger partial charge in [0.1, 0.15) is 18.4 Å². The van der Waals surface area contributed by atoms with Gasteiger partial charge in [0.05, 0.1) is 21.2 Å². The fourth-order valence-electron chi connectivity index (χ4n) is 3.96. The van der Waals surface area contributed by atoms with Crippen molar-refractivity contribution in [1.29, 1.82) is 0 Å². The van der Waals surface area contributed by atoms with Crippen molar-refractivity contribution in [2.24, 2.45) is 5.92 Å². The normalized spacial score (nSPS) is 12.6. The minimum atomic E-state index is -4.84. The number of alkyl halides is 3. The van der Waals surface area contributed by atoms with Crippen molar-refractivity contribution >= 4 is 39.1 Å². The van der Waals surface area contributed by atoms with Gasteiger partial charge in [-0.15, -0.1) is 0 Å². The summed E-state index contributed by atoms with van der Waals surface area (Å²) in [6.07, 6.45) is -4.84. The van der Waals surface area contributed by atoms with Crippen molar-refractivity contribution in [2.75, 3.05) is 17.4 Å². The van der Waals surface area contributed by atoms with E-state index in [4.69, 9.17) is 11.6 Å². The molecule has 0 saturated carbocycles. The lowest BCUT2D eigenvalue weighted by Gasteiger charge is -2.32. The van der Waals surface area contributed by atoms with Crippen LogP contribution in [0.2, 0.25) is 5.02 Å². The summed E-state index contributed by atoms with van der Waals surface area (Å²) < 4.78 is 83.5. The van der Waals surface area contributed by atoms with Crippen LogP contribution in [0.1, 0.15) is 31.9 Å². The first-order valence-electron chi connectivity index (χ1n) is 12.9. The zero-order chi connectivity index (χ0) is 31.2. The van der Waals surface area contributed by atoms with Gasteiger partial charge in [0.15, 0.2) is 0 Å². The van der Waals surface area contributed by atoms with Crippen molar-refractivity contribution in [2.45, 2.75) is 44.4 Å². The van der Waals surface area contributed by atoms with Crippen molar-refractivity contribution in [3.63, 3.8) is 0 Å². The standard InChI is InChI=1S/C29H30ClF4N3O4S/c1-19(2)16-35-28(39)20(3)36(17-21-9-7-8-12-25(21)31)27(38)18-37(42(40,41)23-10-5-4-6-11-23)26-15-22(29(32,33)34)13-14-24(26)30/h4-15,19-20H,16-18H2,1-3H3,(H,35,39). The number of sulfonamides is 1. The van der Waals surface area contributed by atoms with Gasteiger partial charge in [-0.2, -0.15) is 13.2 Å². The Morgan fingerprint density at radius 1 is 0.952 bits per heavy atom. The topological polar surface area (TPSA) is 86.8 Å². The monoisotopic (exact) mass is 627 g/mol. The van der Waals surface area contributed by atoms with Crippen LogP contribution in [-0.4, -0.2) is 44.3 Å². The molecule has 2 amide bonds. The van der Waals surface area contributed by atoms with Crippen LogP contribution in [0.5, 0.6) is 0 Å². The summed E-state index contributed by atoms with van der Waals surface area (Å²) in [7, 11) is -4.66. The Morgan fingerprint density at radius 2 is 1.57 bits per heavy atom. The summed E-state index contributed by atoms with van der Waals surface area (Å²) >= 11 is 6.22. The molecular weight excluding hydrogens is 598 g/mol. The Bertz CT molecular complexity index is 1520. The average Bonchev–Trinajstić information content (AvgIpc) is 2.94. The lowest BCUT2D eigenvalue weighted by atomic mass is 10.1. The molecule has 3 aromatic carbocycles. The lowest BCUT2D eigenvalue weighted by Crippen LogP contribution is -2.51. The van der Waals surface area contributed by atoms with Gasteiger partial charge in [-0.1, -0.05) is 61.8 Å². The fraction of sp³-hybridized carbons (Fsp3) is 0.310. The number of anilines is 1. The van der Waals surface area contributed by atoms with Gasteiger partial charge in [-0.3, -0.25) is 13.9 Å². The zero-order valence-corrected chi connectivity index (χ0v) is 24.6. The Morgan fingerprint density at radius 3 is 2.17 bits per heavy atom. The van der Waals surface area contributed by atoms with Crippen molar-refractivity contribution in [3.05, 3.63) is 94.8 Å². The second-order valence-electron chi connectivity index (χ2n) is 9.92. The second-order valence-corrected chi connectivity index (χ2v) is 12.2. The molecule has 1 atom stereocenters. The molecule has 13 heteroatoms.